The van der Waals surface area contributed by atoms with Crippen molar-refractivity contribution in [2.45, 2.75) is 72.1 Å². The Morgan fingerprint density at radius 3 is 2.39 bits per heavy atom. The van der Waals surface area contributed by atoms with Crippen molar-refractivity contribution < 1.29 is 14.4 Å². The van der Waals surface area contributed by atoms with E-state index in [-0.39, 0.29) is 30.1 Å². The molecule has 1 aromatic heterocycles. The van der Waals surface area contributed by atoms with E-state index in [9.17, 15) is 5.11 Å². The van der Waals surface area contributed by atoms with Gasteiger partial charge in [-0.15, -0.1) is 24.0 Å². The lowest BCUT2D eigenvalue weighted by atomic mass is 9.99. The van der Waals surface area contributed by atoms with E-state index in [1.165, 1.54) is 0 Å². The summed E-state index contributed by atoms with van der Waals surface area (Å²) >= 11 is 0. The normalized spacial score (nSPS) is 12.6. The SMILES string of the molecule is CCNC(=NCc1cc(C(CC)CC)no1)NCC(O)c1ccc(OC(C)C)cc1.I. The van der Waals surface area contributed by atoms with Crippen molar-refractivity contribution in [1.29, 1.82) is 0 Å². The number of aromatic nitrogens is 1. The Morgan fingerprint density at radius 2 is 1.81 bits per heavy atom. The minimum Gasteiger partial charge on any atom is -0.491 e. The van der Waals surface area contributed by atoms with Crippen LogP contribution in [0.5, 0.6) is 5.75 Å². The predicted molar refractivity (Wildman–Crippen MR) is 135 cm³/mol. The first kappa shape index (κ1) is 27.2. The van der Waals surface area contributed by atoms with Gasteiger partial charge in [-0.05, 0) is 51.3 Å². The van der Waals surface area contributed by atoms with Gasteiger partial charge in [0.25, 0.3) is 0 Å². The number of aliphatic imine (C=N–C) groups is 1. The molecule has 0 amide bonds. The molecular weight excluding hydrogens is 507 g/mol. The summed E-state index contributed by atoms with van der Waals surface area (Å²) in [6, 6.07) is 9.49. The Balaban J connectivity index is 0.00000480. The maximum Gasteiger partial charge on any atom is 0.191 e. The number of aliphatic hydroxyl groups is 1. The molecule has 0 saturated heterocycles. The van der Waals surface area contributed by atoms with Crippen LogP contribution in [-0.4, -0.2) is 35.4 Å². The molecule has 8 heteroatoms. The molecule has 1 aromatic carbocycles. The van der Waals surface area contributed by atoms with Gasteiger partial charge in [0.05, 0.1) is 17.9 Å². The molecule has 2 rings (SSSR count). The second-order valence-corrected chi connectivity index (χ2v) is 7.56. The average Bonchev–Trinajstić information content (AvgIpc) is 3.19. The highest BCUT2D eigenvalue weighted by atomic mass is 127. The molecule has 174 valence electrons. The van der Waals surface area contributed by atoms with Gasteiger partial charge in [-0.1, -0.05) is 31.1 Å². The molecule has 0 radical (unpaired) electrons. The zero-order valence-corrected chi connectivity index (χ0v) is 21.6. The third-order valence-electron chi connectivity index (χ3n) is 4.82. The van der Waals surface area contributed by atoms with Crippen molar-refractivity contribution in [3.8, 4) is 5.75 Å². The van der Waals surface area contributed by atoms with Crippen molar-refractivity contribution in [2.75, 3.05) is 13.1 Å². The van der Waals surface area contributed by atoms with Gasteiger partial charge in [0, 0.05) is 25.1 Å². The molecule has 31 heavy (non-hydrogen) atoms. The van der Waals surface area contributed by atoms with Gasteiger partial charge in [0.2, 0.25) is 0 Å². The van der Waals surface area contributed by atoms with Crippen molar-refractivity contribution >= 4 is 29.9 Å². The molecule has 1 heterocycles. The molecule has 1 unspecified atom stereocenters. The highest BCUT2D eigenvalue weighted by molar-refractivity contribution is 14.0. The number of nitrogens with zero attached hydrogens (tertiary/aromatic N) is 2. The van der Waals surface area contributed by atoms with Gasteiger partial charge < -0.3 is 25.0 Å². The van der Waals surface area contributed by atoms with E-state index >= 15 is 0 Å². The maximum absolute atomic E-state index is 10.5. The van der Waals surface area contributed by atoms with Crippen LogP contribution in [0.2, 0.25) is 0 Å². The van der Waals surface area contributed by atoms with Crippen LogP contribution >= 0.6 is 24.0 Å². The van der Waals surface area contributed by atoms with Gasteiger partial charge in [0.1, 0.15) is 12.3 Å². The molecule has 0 spiro atoms. The lowest BCUT2D eigenvalue weighted by Crippen LogP contribution is -2.39. The van der Waals surface area contributed by atoms with Gasteiger partial charge in [-0.2, -0.15) is 0 Å². The smallest absolute Gasteiger partial charge is 0.191 e. The molecule has 0 aliphatic heterocycles. The molecular formula is C23H37IN4O3. The third kappa shape index (κ3) is 9.06. The van der Waals surface area contributed by atoms with Crippen molar-refractivity contribution in [3.05, 3.63) is 47.3 Å². The first-order chi connectivity index (χ1) is 14.5. The van der Waals surface area contributed by atoms with E-state index in [1.54, 1.807) is 0 Å². The molecule has 1 atom stereocenters. The lowest BCUT2D eigenvalue weighted by Gasteiger charge is -2.16. The highest BCUT2D eigenvalue weighted by Gasteiger charge is 2.13. The molecule has 7 nitrogen and oxygen atoms in total. The summed E-state index contributed by atoms with van der Waals surface area (Å²) in [6.07, 6.45) is 1.54. The third-order valence-corrected chi connectivity index (χ3v) is 4.82. The number of guanidine groups is 1. The first-order valence-electron chi connectivity index (χ1n) is 10.9. The number of nitrogens with one attached hydrogen (secondary N) is 2. The molecule has 0 aliphatic carbocycles. The fourth-order valence-corrected chi connectivity index (χ4v) is 3.15. The summed E-state index contributed by atoms with van der Waals surface area (Å²) in [7, 11) is 0. The number of hydrogen-bond acceptors (Lipinski definition) is 5. The van der Waals surface area contributed by atoms with Crippen molar-refractivity contribution in [3.63, 3.8) is 0 Å². The van der Waals surface area contributed by atoms with Gasteiger partial charge in [-0.3, -0.25) is 0 Å². The Hall–Kier alpha value is -1.81. The Morgan fingerprint density at radius 1 is 1.13 bits per heavy atom. The monoisotopic (exact) mass is 544 g/mol. The van der Waals surface area contributed by atoms with E-state index in [2.05, 4.69) is 34.6 Å². The van der Waals surface area contributed by atoms with Crippen LogP contribution in [0.25, 0.3) is 0 Å². The van der Waals surface area contributed by atoms with Crippen LogP contribution in [-0.2, 0) is 6.54 Å². The zero-order valence-electron chi connectivity index (χ0n) is 19.2. The fourth-order valence-electron chi connectivity index (χ4n) is 3.15. The fraction of sp³-hybridized carbons (Fsp3) is 0.565. The number of ether oxygens (including phenoxy) is 1. The quantitative estimate of drug-likeness (QED) is 0.215. The molecule has 0 bridgehead atoms. The van der Waals surface area contributed by atoms with Crippen LogP contribution in [0.3, 0.4) is 0 Å². The predicted octanol–water partition coefficient (Wildman–Crippen LogP) is 4.77. The van der Waals surface area contributed by atoms with Crippen LogP contribution in [0.4, 0.5) is 0 Å². The minimum atomic E-state index is -0.659. The van der Waals surface area contributed by atoms with Crippen LogP contribution in [0, 0.1) is 0 Å². The number of benzene rings is 1. The van der Waals surface area contributed by atoms with Crippen molar-refractivity contribution in [2.24, 2.45) is 4.99 Å². The lowest BCUT2D eigenvalue weighted by molar-refractivity contribution is 0.180. The van der Waals surface area contributed by atoms with Gasteiger partial charge >= 0.3 is 0 Å². The second kappa shape index (κ2) is 14.3. The summed E-state index contributed by atoms with van der Waals surface area (Å²) in [6.45, 7) is 11.7. The Labute approximate surface area is 203 Å². The number of hydrogen-bond donors (Lipinski definition) is 3. The van der Waals surface area contributed by atoms with Gasteiger partial charge in [0.15, 0.2) is 11.7 Å². The summed E-state index contributed by atoms with van der Waals surface area (Å²) < 4.78 is 11.1. The number of halogens is 1. The first-order valence-corrected chi connectivity index (χ1v) is 10.9. The summed E-state index contributed by atoms with van der Waals surface area (Å²) in [5.41, 5.74) is 1.81. The number of rotatable bonds is 11. The molecule has 0 aliphatic rings. The van der Waals surface area contributed by atoms with Crippen LogP contribution in [0.1, 0.15) is 76.5 Å². The van der Waals surface area contributed by atoms with E-state index in [0.29, 0.717) is 25.0 Å². The van der Waals surface area contributed by atoms with E-state index in [4.69, 9.17) is 9.26 Å². The second-order valence-electron chi connectivity index (χ2n) is 7.56. The summed E-state index contributed by atoms with van der Waals surface area (Å²) in [5.74, 6) is 2.57. The zero-order chi connectivity index (χ0) is 21.9. The number of aliphatic hydroxyl groups excluding tert-OH is 1. The average molecular weight is 544 g/mol. The molecule has 2 aromatic rings. The molecule has 0 fully saturated rings. The van der Waals surface area contributed by atoms with Crippen LogP contribution in [0.15, 0.2) is 39.8 Å². The standard InChI is InChI=1S/C23H36N4O3.HI/c1-6-17(7-2)21-13-20(30-27-21)14-25-23(24-8-3)26-15-22(28)18-9-11-19(12-10-18)29-16(4)5;/h9-13,16-17,22,28H,6-8,14-15H2,1-5H3,(H2,24,25,26);1H. The van der Waals surface area contributed by atoms with Crippen molar-refractivity contribution in [1.82, 2.24) is 15.8 Å². The van der Waals surface area contributed by atoms with Crippen LogP contribution < -0.4 is 15.4 Å². The van der Waals surface area contributed by atoms with Gasteiger partial charge in [-0.25, -0.2) is 4.99 Å². The van der Waals surface area contributed by atoms with E-state index in [1.807, 2.05) is 51.1 Å². The summed E-state index contributed by atoms with van der Waals surface area (Å²) in [4.78, 5) is 4.55. The topological polar surface area (TPSA) is 91.9 Å². The molecule has 0 saturated carbocycles. The largest absolute Gasteiger partial charge is 0.491 e. The molecule has 3 N–H and O–H groups in total. The minimum absolute atomic E-state index is 0. The Bertz CT molecular complexity index is 773. The van der Waals surface area contributed by atoms with E-state index < -0.39 is 6.10 Å². The Kier molecular flexibility index (Phi) is 12.5. The maximum atomic E-state index is 10.5. The highest BCUT2D eigenvalue weighted by Crippen LogP contribution is 2.22. The van der Waals surface area contributed by atoms with E-state index in [0.717, 1.165) is 42.2 Å². The summed E-state index contributed by atoms with van der Waals surface area (Å²) in [5, 5.41) is 21.1.